The monoisotopic (exact) mass is 225 g/mol. The summed E-state index contributed by atoms with van der Waals surface area (Å²) >= 11 is 6.00. The first-order valence-corrected chi connectivity index (χ1v) is 5.09. The molecule has 2 heterocycles. The molecule has 0 aliphatic rings. The number of halogens is 1. The van der Waals surface area contributed by atoms with Crippen molar-refractivity contribution in [2.75, 3.05) is 5.32 Å². The minimum atomic E-state index is 0.301. The molecule has 0 atom stereocenters. The minimum absolute atomic E-state index is 0.301. The molecule has 0 spiro atoms. The number of nitrogens with zero attached hydrogens (tertiary/aromatic N) is 4. The van der Waals surface area contributed by atoms with Gasteiger partial charge in [-0.1, -0.05) is 11.6 Å². The van der Waals surface area contributed by atoms with Crippen LogP contribution >= 0.6 is 11.6 Å². The Morgan fingerprint density at radius 2 is 2.20 bits per heavy atom. The highest BCUT2D eigenvalue weighted by Crippen LogP contribution is 2.22. The molecule has 0 aromatic carbocycles. The van der Waals surface area contributed by atoms with Crippen molar-refractivity contribution in [1.82, 2.24) is 19.6 Å². The van der Waals surface area contributed by atoms with Gasteiger partial charge in [-0.2, -0.15) is 19.6 Å². The van der Waals surface area contributed by atoms with Crippen molar-refractivity contribution in [1.29, 1.82) is 0 Å². The van der Waals surface area contributed by atoms with Crippen molar-refractivity contribution in [3.05, 3.63) is 17.0 Å². The summed E-state index contributed by atoms with van der Waals surface area (Å²) in [4.78, 5) is 8.12. The maximum absolute atomic E-state index is 6.00. The minimum Gasteiger partial charge on any atom is -0.367 e. The predicted octanol–water partition coefficient (Wildman–Crippen LogP) is 1.91. The number of hydrogen-bond acceptors (Lipinski definition) is 4. The van der Waals surface area contributed by atoms with E-state index >= 15 is 0 Å². The van der Waals surface area contributed by atoms with Crippen molar-refractivity contribution < 1.29 is 0 Å². The molecule has 15 heavy (non-hydrogen) atoms. The van der Waals surface area contributed by atoms with E-state index in [1.54, 1.807) is 4.52 Å². The van der Waals surface area contributed by atoms with Gasteiger partial charge in [-0.3, -0.25) is 0 Å². The third kappa shape index (κ3) is 1.74. The Kier molecular flexibility index (Phi) is 2.48. The Balaban J connectivity index is 2.66. The van der Waals surface area contributed by atoms with Crippen LogP contribution in [0.1, 0.15) is 19.4 Å². The highest BCUT2D eigenvalue weighted by Gasteiger charge is 2.12. The second-order valence-corrected chi connectivity index (χ2v) is 4.01. The Morgan fingerprint density at radius 1 is 1.47 bits per heavy atom. The van der Waals surface area contributed by atoms with Gasteiger partial charge in [-0.15, -0.1) is 0 Å². The molecule has 0 aliphatic carbocycles. The quantitative estimate of drug-likeness (QED) is 0.794. The van der Waals surface area contributed by atoms with E-state index in [9.17, 15) is 0 Å². The van der Waals surface area contributed by atoms with Crippen LogP contribution in [0.15, 0.2) is 6.33 Å². The number of rotatable bonds is 2. The lowest BCUT2D eigenvalue weighted by atomic mass is 10.3. The summed E-state index contributed by atoms with van der Waals surface area (Å²) in [5, 5.41) is 7.83. The molecule has 2 aromatic rings. The number of nitrogens with one attached hydrogen (secondary N) is 1. The van der Waals surface area contributed by atoms with Gasteiger partial charge < -0.3 is 5.32 Å². The van der Waals surface area contributed by atoms with Gasteiger partial charge in [0.25, 0.3) is 5.78 Å². The molecule has 0 fully saturated rings. The highest BCUT2D eigenvalue weighted by atomic mass is 35.5. The second kappa shape index (κ2) is 3.66. The van der Waals surface area contributed by atoms with E-state index in [0.29, 0.717) is 17.0 Å². The van der Waals surface area contributed by atoms with E-state index < -0.39 is 0 Å². The summed E-state index contributed by atoms with van der Waals surface area (Å²) in [5.41, 5.74) is 0.878. The maximum Gasteiger partial charge on any atom is 0.255 e. The largest absolute Gasteiger partial charge is 0.367 e. The fraction of sp³-hybridized carbons (Fsp3) is 0.444. The van der Waals surface area contributed by atoms with Gasteiger partial charge in [0.2, 0.25) is 0 Å². The number of fused-ring (bicyclic) bond motifs is 1. The average molecular weight is 226 g/mol. The van der Waals surface area contributed by atoms with E-state index in [-0.39, 0.29) is 0 Å². The highest BCUT2D eigenvalue weighted by molar-refractivity contribution is 6.30. The van der Waals surface area contributed by atoms with Crippen LogP contribution in [0.4, 0.5) is 5.82 Å². The zero-order chi connectivity index (χ0) is 11.0. The summed E-state index contributed by atoms with van der Waals surface area (Å²) in [7, 11) is 0. The molecule has 0 aliphatic heterocycles. The zero-order valence-corrected chi connectivity index (χ0v) is 9.58. The molecule has 0 saturated carbocycles. The van der Waals surface area contributed by atoms with Gasteiger partial charge in [-0.05, 0) is 20.8 Å². The van der Waals surface area contributed by atoms with Crippen LogP contribution in [0.2, 0.25) is 5.15 Å². The Hall–Kier alpha value is -1.36. The van der Waals surface area contributed by atoms with Gasteiger partial charge in [0, 0.05) is 11.6 Å². The topological polar surface area (TPSA) is 55.1 Å². The Bertz CT molecular complexity index is 490. The van der Waals surface area contributed by atoms with Crippen LogP contribution in [0.3, 0.4) is 0 Å². The average Bonchev–Trinajstić information content (AvgIpc) is 2.59. The van der Waals surface area contributed by atoms with E-state index in [2.05, 4.69) is 34.2 Å². The first-order chi connectivity index (χ1) is 7.09. The van der Waals surface area contributed by atoms with Crippen molar-refractivity contribution in [3.8, 4) is 0 Å². The molecule has 0 unspecified atom stereocenters. The number of anilines is 1. The molecule has 0 radical (unpaired) electrons. The standard InChI is InChI=1S/C9H12ClN5/c1-5(2)13-8-6(3)7(10)14-9-11-4-12-15(8)9/h4-5,13H,1-3H3. The summed E-state index contributed by atoms with van der Waals surface area (Å²) in [6.07, 6.45) is 1.46. The van der Waals surface area contributed by atoms with Crippen molar-refractivity contribution in [2.45, 2.75) is 26.8 Å². The van der Waals surface area contributed by atoms with E-state index in [0.717, 1.165) is 11.4 Å². The molecular weight excluding hydrogens is 214 g/mol. The summed E-state index contributed by atoms with van der Waals surface area (Å²) in [6.45, 7) is 6.01. The smallest absolute Gasteiger partial charge is 0.255 e. The molecule has 80 valence electrons. The zero-order valence-electron chi connectivity index (χ0n) is 8.82. The molecule has 1 N–H and O–H groups in total. The molecule has 2 aromatic heterocycles. The van der Waals surface area contributed by atoms with Gasteiger partial charge in [0.1, 0.15) is 17.3 Å². The van der Waals surface area contributed by atoms with Gasteiger partial charge in [0.05, 0.1) is 0 Å². The lowest BCUT2D eigenvalue weighted by Crippen LogP contribution is -2.15. The van der Waals surface area contributed by atoms with Crippen LogP contribution in [0, 0.1) is 6.92 Å². The fourth-order valence-electron chi connectivity index (χ4n) is 1.34. The molecule has 6 heteroatoms. The Morgan fingerprint density at radius 3 is 2.87 bits per heavy atom. The predicted molar refractivity (Wildman–Crippen MR) is 59.3 cm³/mol. The van der Waals surface area contributed by atoms with E-state index in [4.69, 9.17) is 11.6 Å². The van der Waals surface area contributed by atoms with E-state index in [1.807, 2.05) is 6.92 Å². The summed E-state index contributed by atoms with van der Waals surface area (Å²) in [6, 6.07) is 0.301. The third-order valence-electron chi connectivity index (χ3n) is 2.03. The molecular formula is C9H12ClN5. The lowest BCUT2D eigenvalue weighted by molar-refractivity contribution is 0.845. The van der Waals surface area contributed by atoms with Crippen molar-refractivity contribution >= 4 is 23.2 Å². The van der Waals surface area contributed by atoms with Gasteiger partial charge >= 0.3 is 0 Å². The molecule has 2 rings (SSSR count). The van der Waals surface area contributed by atoms with Crippen LogP contribution in [0.25, 0.3) is 5.78 Å². The summed E-state index contributed by atoms with van der Waals surface area (Å²) in [5.74, 6) is 1.35. The Labute approximate surface area is 92.5 Å². The third-order valence-corrected chi connectivity index (χ3v) is 2.40. The SMILES string of the molecule is Cc1c(Cl)nc2ncnn2c1NC(C)C. The van der Waals surface area contributed by atoms with Crippen molar-refractivity contribution in [3.63, 3.8) is 0 Å². The van der Waals surface area contributed by atoms with Crippen LogP contribution in [0.5, 0.6) is 0 Å². The normalized spacial score (nSPS) is 11.3. The first-order valence-electron chi connectivity index (χ1n) is 4.72. The van der Waals surface area contributed by atoms with E-state index in [1.165, 1.54) is 6.33 Å². The lowest BCUT2D eigenvalue weighted by Gasteiger charge is -2.13. The number of aromatic nitrogens is 4. The first kappa shape index (κ1) is 10.2. The van der Waals surface area contributed by atoms with Gasteiger partial charge in [-0.25, -0.2) is 0 Å². The fourth-order valence-corrected chi connectivity index (χ4v) is 1.51. The van der Waals surface area contributed by atoms with Crippen LogP contribution in [-0.2, 0) is 0 Å². The second-order valence-electron chi connectivity index (χ2n) is 3.65. The molecule has 0 amide bonds. The maximum atomic E-state index is 6.00. The van der Waals surface area contributed by atoms with Crippen LogP contribution in [-0.4, -0.2) is 25.6 Å². The van der Waals surface area contributed by atoms with Gasteiger partial charge in [0.15, 0.2) is 0 Å². The molecule has 0 saturated heterocycles. The molecule has 0 bridgehead atoms. The summed E-state index contributed by atoms with van der Waals surface area (Å²) < 4.78 is 1.65. The van der Waals surface area contributed by atoms with Crippen molar-refractivity contribution in [2.24, 2.45) is 0 Å². The van der Waals surface area contributed by atoms with Crippen LogP contribution < -0.4 is 5.32 Å². The number of hydrogen-bond donors (Lipinski definition) is 1. The molecule has 5 nitrogen and oxygen atoms in total.